The largest absolute Gasteiger partial charge is 0.355 e. The van der Waals surface area contributed by atoms with Crippen LogP contribution >= 0.6 is 0 Å². The SMILES string of the molecule is CNC(=O)c1cccc(NC(=O)C[NH2+][C@H](C)c2ccccc2)c1. The molecule has 0 aliphatic carbocycles. The van der Waals surface area contributed by atoms with Crippen molar-refractivity contribution in [2.75, 3.05) is 18.9 Å². The van der Waals surface area contributed by atoms with Crippen LogP contribution in [0.1, 0.15) is 28.9 Å². The van der Waals surface area contributed by atoms with Gasteiger partial charge in [-0.05, 0) is 25.1 Å². The zero-order valence-electron chi connectivity index (χ0n) is 13.4. The van der Waals surface area contributed by atoms with Gasteiger partial charge in [-0.1, -0.05) is 36.4 Å². The summed E-state index contributed by atoms with van der Waals surface area (Å²) in [6.07, 6.45) is 0. The average Bonchev–Trinajstić information content (AvgIpc) is 2.60. The first-order valence-corrected chi connectivity index (χ1v) is 7.60. The van der Waals surface area contributed by atoms with Gasteiger partial charge < -0.3 is 16.0 Å². The van der Waals surface area contributed by atoms with Crippen LogP contribution < -0.4 is 16.0 Å². The quantitative estimate of drug-likeness (QED) is 0.752. The Morgan fingerprint density at radius 2 is 1.83 bits per heavy atom. The Bertz CT molecular complexity index is 671. The van der Waals surface area contributed by atoms with Gasteiger partial charge in [-0.15, -0.1) is 0 Å². The van der Waals surface area contributed by atoms with Gasteiger partial charge in [-0.25, -0.2) is 0 Å². The molecule has 2 amide bonds. The van der Waals surface area contributed by atoms with Gasteiger partial charge in [-0.2, -0.15) is 0 Å². The number of anilines is 1. The molecule has 0 saturated carbocycles. The van der Waals surface area contributed by atoms with Crippen molar-refractivity contribution in [1.82, 2.24) is 5.32 Å². The predicted molar refractivity (Wildman–Crippen MR) is 90.1 cm³/mol. The van der Waals surface area contributed by atoms with Crippen LogP contribution in [-0.2, 0) is 4.79 Å². The van der Waals surface area contributed by atoms with Gasteiger partial charge in [-0.3, -0.25) is 9.59 Å². The molecule has 0 spiro atoms. The zero-order valence-corrected chi connectivity index (χ0v) is 13.4. The molecule has 120 valence electrons. The summed E-state index contributed by atoms with van der Waals surface area (Å²) in [7, 11) is 1.58. The number of amides is 2. The van der Waals surface area contributed by atoms with Crippen LogP contribution in [-0.4, -0.2) is 25.4 Å². The maximum absolute atomic E-state index is 12.1. The Kier molecular flexibility index (Phi) is 5.88. The molecule has 0 aromatic heterocycles. The van der Waals surface area contributed by atoms with Gasteiger partial charge in [0.2, 0.25) is 0 Å². The number of nitrogens with one attached hydrogen (secondary N) is 2. The van der Waals surface area contributed by atoms with E-state index in [1.165, 1.54) is 5.56 Å². The second kappa shape index (κ2) is 8.10. The van der Waals surface area contributed by atoms with Crippen LogP contribution in [0.5, 0.6) is 0 Å². The summed E-state index contributed by atoms with van der Waals surface area (Å²) in [5.41, 5.74) is 2.32. The van der Waals surface area contributed by atoms with Crippen LogP contribution in [0.4, 0.5) is 5.69 Å². The summed E-state index contributed by atoms with van der Waals surface area (Å²) in [6, 6.07) is 17.1. The van der Waals surface area contributed by atoms with E-state index < -0.39 is 0 Å². The minimum absolute atomic E-state index is 0.0955. The standard InChI is InChI=1S/C18H21N3O2/c1-13(14-7-4-3-5-8-14)20-12-17(22)21-16-10-6-9-15(11-16)18(23)19-2/h3-11,13,20H,12H2,1-2H3,(H,19,23)(H,21,22)/p+1/t13-/m1/s1. The Morgan fingerprint density at radius 1 is 1.09 bits per heavy atom. The van der Waals surface area contributed by atoms with E-state index >= 15 is 0 Å². The molecule has 0 fully saturated rings. The number of hydrogen-bond donors (Lipinski definition) is 3. The third-order valence-electron chi connectivity index (χ3n) is 3.62. The minimum atomic E-state index is -0.176. The maximum atomic E-state index is 12.1. The molecule has 5 nitrogen and oxygen atoms in total. The molecule has 0 heterocycles. The number of quaternary nitrogens is 1. The summed E-state index contributed by atoms with van der Waals surface area (Å²) in [5.74, 6) is -0.271. The smallest absolute Gasteiger partial charge is 0.279 e. The molecular weight excluding hydrogens is 290 g/mol. The number of rotatable bonds is 6. The number of nitrogens with two attached hydrogens (primary N) is 1. The molecule has 4 N–H and O–H groups in total. The maximum Gasteiger partial charge on any atom is 0.279 e. The molecule has 0 bridgehead atoms. The normalized spacial score (nSPS) is 11.6. The van der Waals surface area contributed by atoms with E-state index in [1.54, 1.807) is 31.3 Å². The van der Waals surface area contributed by atoms with Crippen molar-refractivity contribution in [3.8, 4) is 0 Å². The molecule has 0 aliphatic rings. The Labute approximate surface area is 136 Å². The monoisotopic (exact) mass is 312 g/mol. The van der Waals surface area contributed by atoms with Crippen LogP contribution in [0.3, 0.4) is 0 Å². The van der Waals surface area contributed by atoms with E-state index in [0.717, 1.165) is 0 Å². The van der Waals surface area contributed by atoms with Crippen LogP contribution in [0.15, 0.2) is 54.6 Å². The molecule has 0 saturated heterocycles. The molecule has 5 heteroatoms. The highest BCUT2D eigenvalue weighted by molar-refractivity contribution is 5.97. The van der Waals surface area contributed by atoms with Crippen molar-refractivity contribution in [3.63, 3.8) is 0 Å². The molecule has 2 aromatic rings. The molecule has 1 atom stereocenters. The molecule has 2 rings (SSSR count). The molecule has 0 unspecified atom stereocenters. The van der Waals surface area contributed by atoms with Crippen molar-refractivity contribution in [1.29, 1.82) is 0 Å². The fourth-order valence-electron chi connectivity index (χ4n) is 2.27. The van der Waals surface area contributed by atoms with E-state index in [-0.39, 0.29) is 17.9 Å². The first kappa shape index (κ1) is 16.7. The van der Waals surface area contributed by atoms with E-state index in [0.29, 0.717) is 17.8 Å². The van der Waals surface area contributed by atoms with Crippen LogP contribution in [0, 0.1) is 0 Å². The third kappa shape index (κ3) is 4.93. The highest BCUT2D eigenvalue weighted by Crippen LogP contribution is 2.10. The van der Waals surface area contributed by atoms with Gasteiger partial charge in [0.25, 0.3) is 11.8 Å². The summed E-state index contributed by atoms with van der Waals surface area (Å²) in [4.78, 5) is 23.6. The second-order valence-corrected chi connectivity index (χ2v) is 5.35. The van der Waals surface area contributed by atoms with E-state index in [2.05, 4.69) is 17.6 Å². The van der Waals surface area contributed by atoms with E-state index in [1.807, 2.05) is 35.6 Å². The predicted octanol–water partition coefficient (Wildman–Crippen LogP) is 1.31. The van der Waals surface area contributed by atoms with E-state index in [9.17, 15) is 9.59 Å². The first-order chi connectivity index (χ1) is 11.1. The number of hydrogen-bond acceptors (Lipinski definition) is 2. The molecule has 0 aliphatic heterocycles. The van der Waals surface area contributed by atoms with Crippen LogP contribution in [0.2, 0.25) is 0 Å². The fraction of sp³-hybridized carbons (Fsp3) is 0.222. The van der Waals surface area contributed by atoms with Crippen molar-refractivity contribution >= 4 is 17.5 Å². The van der Waals surface area contributed by atoms with Gasteiger partial charge in [0.05, 0.1) is 0 Å². The summed E-state index contributed by atoms with van der Waals surface area (Å²) >= 11 is 0. The lowest BCUT2D eigenvalue weighted by molar-refractivity contribution is -0.682. The van der Waals surface area contributed by atoms with Crippen molar-refractivity contribution in [2.45, 2.75) is 13.0 Å². The van der Waals surface area contributed by atoms with Gasteiger partial charge in [0, 0.05) is 23.9 Å². The summed E-state index contributed by atoms with van der Waals surface area (Å²) < 4.78 is 0. The molecule has 23 heavy (non-hydrogen) atoms. The third-order valence-corrected chi connectivity index (χ3v) is 3.62. The lowest BCUT2D eigenvalue weighted by Gasteiger charge is -2.11. The van der Waals surface area contributed by atoms with Crippen molar-refractivity contribution in [3.05, 3.63) is 65.7 Å². The summed E-state index contributed by atoms with van der Waals surface area (Å²) in [6.45, 7) is 2.38. The number of carbonyl (C=O) groups is 2. The topological polar surface area (TPSA) is 74.8 Å². The summed E-state index contributed by atoms with van der Waals surface area (Å²) in [5, 5.41) is 7.36. The fourth-order valence-corrected chi connectivity index (χ4v) is 2.27. The Balaban J connectivity index is 1.89. The zero-order chi connectivity index (χ0) is 16.7. The average molecular weight is 312 g/mol. The highest BCUT2D eigenvalue weighted by atomic mass is 16.2. The lowest BCUT2D eigenvalue weighted by atomic mass is 10.1. The van der Waals surface area contributed by atoms with Crippen molar-refractivity contribution in [2.24, 2.45) is 0 Å². The van der Waals surface area contributed by atoms with Crippen molar-refractivity contribution < 1.29 is 14.9 Å². The molecule has 0 radical (unpaired) electrons. The number of benzene rings is 2. The minimum Gasteiger partial charge on any atom is -0.355 e. The molecule has 2 aromatic carbocycles. The highest BCUT2D eigenvalue weighted by Gasteiger charge is 2.12. The Hall–Kier alpha value is -2.66. The van der Waals surface area contributed by atoms with Gasteiger partial charge >= 0.3 is 0 Å². The van der Waals surface area contributed by atoms with Gasteiger partial charge in [0.15, 0.2) is 6.54 Å². The molecular formula is C18H22N3O2+. The Morgan fingerprint density at radius 3 is 2.52 bits per heavy atom. The van der Waals surface area contributed by atoms with E-state index in [4.69, 9.17) is 0 Å². The number of carbonyl (C=O) groups excluding carboxylic acids is 2. The lowest BCUT2D eigenvalue weighted by Crippen LogP contribution is -2.86. The van der Waals surface area contributed by atoms with Crippen LogP contribution in [0.25, 0.3) is 0 Å². The second-order valence-electron chi connectivity index (χ2n) is 5.35. The van der Waals surface area contributed by atoms with Gasteiger partial charge in [0.1, 0.15) is 6.04 Å². The first-order valence-electron chi connectivity index (χ1n) is 7.60.